The second-order valence-corrected chi connectivity index (χ2v) is 5.80. The number of nitrogens with one attached hydrogen (secondary N) is 1. The van der Waals surface area contributed by atoms with Gasteiger partial charge in [0.05, 0.1) is 12.8 Å². The average molecular weight is 302 g/mol. The predicted octanol–water partition coefficient (Wildman–Crippen LogP) is 1.85. The van der Waals surface area contributed by atoms with Crippen molar-refractivity contribution in [2.45, 2.75) is 31.7 Å². The Balaban J connectivity index is 1.61. The molecule has 1 aliphatic carbocycles. The highest BCUT2D eigenvalue weighted by Crippen LogP contribution is 2.28. The first-order valence-electron chi connectivity index (χ1n) is 7.67. The molecule has 0 bridgehead atoms. The lowest BCUT2D eigenvalue weighted by molar-refractivity contribution is 0.201. The monoisotopic (exact) mass is 302 g/mol. The van der Waals surface area contributed by atoms with Crippen LogP contribution in [0.2, 0.25) is 0 Å². The average Bonchev–Trinajstić information content (AvgIpc) is 2.87. The molecule has 0 spiro atoms. The first-order valence-corrected chi connectivity index (χ1v) is 7.67. The Bertz CT molecular complexity index is 591. The van der Waals surface area contributed by atoms with Crippen LogP contribution in [0.15, 0.2) is 24.7 Å². The third-order valence-corrected chi connectivity index (χ3v) is 3.96. The second-order valence-electron chi connectivity index (χ2n) is 5.80. The quantitative estimate of drug-likeness (QED) is 0.876. The minimum absolute atomic E-state index is 0.363. The molecule has 3 N–H and O–H groups in total. The third-order valence-electron chi connectivity index (χ3n) is 3.96. The summed E-state index contributed by atoms with van der Waals surface area (Å²) in [5.41, 5.74) is 5.94. The molecule has 3 rings (SSSR count). The number of anilines is 2. The maximum atomic E-state index is 5.96. The largest absolute Gasteiger partial charge is 0.488 e. The van der Waals surface area contributed by atoms with E-state index < -0.39 is 0 Å². The molecule has 0 amide bonds. The molecule has 7 nitrogen and oxygen atoms in total. The Morgan fingerprint density at radius 1 is 1.27 bits per heavy atom. The number of nitrogens with two attached hydrogens (primary N) is 1. The normalized spacial score (nSPS) is 21.5. The molecule has 1 fully saturated rings. The summed E-state index contributed by atoms with van der Waals surface area (Å²) in [7, 11) is 1.86. The van der Waals surface area contributed by atoms with Crippen molar-refractivity contribution < 1.29 is 4.74 Å². The molecule has 2 aromatic heterocycles. The van der Waals surface area contributed by atoms with Gasteiger partial charge in [0.25, 0.3) is 0 Å². The minimum Gasteiger partial charge on any atom is -0.488 e. The van der Waals surface area contributed by atoms with Crippen molar-refractivity contribution in [2.24, 2.45) is 18.7 Å². The maximum Gasteiger partial charge on any atom is 0.228 e. The van der Waals surface area contributed by atoms with Gasteiger partial charge in [-0.3, -0.25) is 4.68 Å². The lowest BCUT2D eigenvalue weighted by atomic mass is 9.87. The van der Waals surface area contributed by atoms with Gasteiger partial charge >= 0.3 is 0 Å². The first kappa shape index (κ1) is 14.8. The van der Waals surface area contributed by atoms with Gasteiger partial charge < -0.3 is 15.8 Å². The van der Waals surface area contributed by atoms with E-state index in [4.69, 9.17) is 10.5 Å². The summed E-state index contributed by atoms with van der Waals surface area (Å²) in [4.78, 5) is 8.28. The fraction of sp³-hybridized carbons (Fsp3) is 0.533. The first-order chi connectivity index (χ1) is 10.7. The predicted molar refractivity (Wildman–Crippen MR) is 84.0 cm³/mol. The van der Waals surface area contributed by atoms with Gasteiger partial charge in [-0.05, 0) is 37.7 Å². The molecule has 1 aliphatic rings. The molecule has 2 heterocycles. The van der Waals surface area contributed by atoms with E-state index in [0.29, 0.717) is 30.3 Å². The third kappa shape index (κ3) is 3.73. The number of nitrogens with zero attached hydrogens (tertiary/aromatic N) is 4. The molecule has 118 valence electrons. The zero-order valence-corrected chi connectivity index (χ0v) is 12.8. The van der Waals surface area contributed by atoms with E-state index in [-0.39, 0.29) is 0 Å². The fourth-order valence-electron chi connectivity index (χ4n) is 2.69. The Kier molecular flexibility index (Phi) is 4.53. The molecule has 0 radical (unpaired) electrons. The molecule has 2 aromatic rings. The fourth-order valence-corrected chi connectivity index (χ4v) is 2.69. The van der Waals surface area contributed by atoms with Crippen molar-refractivity contribution in [1.82, 2.24) is 19.7 Å². The molecular formula is C15H22N6O. The summed E-state index contributed by atoms with van der Waals surface area (Å²) in [6, 6.07) is 2.14. The molecule has 1 saturated carbocycles. The van der Waals surface area contributed by atoms with E-state index in [0.717, 1.165) is 31.4 Å². The van der Waals surface area contributed by atoms with E-state index in [1.165, 1.54) is 0 Å². The van der Waals surface area contributed by atoms with Crippen LogP contribution in [0.1, 0.15) is 25.7 Å². The zero-order chi connectivity index (χ0) is 15.4. The molecule has 0 atom stereocenters. The van der Waals surface area contributed by atoms with Crippen LogP contribution in [0.5, 0.6) is 5.75 Å². The summed E-state index contributed by atoms with van der Waals surface area (Å²) >= 11 is 0. The molecule has 7 heteroatoms. The van der Waals surface area contributed by atoms with Gasteiger partial charge in [-0.1, -0.05) is 0 Å². The molecule has 0 unspecified atom stereocenters. The number of hydrogen-bond acceptors (Lipinski definition) is 6. The van der Waals surface area contributed by atoms with Gasteiger partial charge in [0.1, 0.15) is 0 Å². The summed E-state index contributed by atoms with van der Waals surface area (Å²) < 4.78 is 7.68. The Hall–Kier alpha value is -2.15. The van der Waals surface area contributed by atoms with E-state index in [1.54, 1.807) is 23.1 Å². The Morgan fingerprint density at radius 3 is 2.73 bits per heavy atom. The van der Waals surface area contributed by atoms with Crippen molar-refractivity contribution in [2.75, 3.05) is 11.9 Å². The van der Waals surface area contributed by atoms with E-state index >= 15 is 0 Å². The van der Waals surface area contributed by atoms with Crippen LogP contribution < -0.4 is 15.8 Å². The van der Waals surface area contributed by atoms with Crippen LogP contribution >= 0.6 is 0 Å². The van der Waals surface area contributed by atoms with Crippen molar-refractivity contribution >= 4 is 11.8 Å². The van der Waals surface area contributed by atoms with Gasteiger partial charge in [0.15, 0.2) is 11.6 Å². The van der Waals surface area contributed by atoms with Gasteiger partial charge in [-0.25, -0.2) is 9.97 Å². The lowest BCUT2D eigenvalue weighted by Gasteiger charge is -2.25. The van der Waals surface area contributed by atoms with Crippen molar-refractivity contribution in [1.29, 1.82) is 0 Å². The van der Waals surface area contributed by atoms with Crippen LogP contribution in [-0.4, -0.2) is 32.4 Å². The second kappa shape index (κ2) is 6.74. The number of aromatic nitrogens is 4. The van der Waals surface area contributed by atoms with E-state index in [9.17, 15) is 0 Å². The van der Waals surface area contributed by atoms with E-state index in [1.807, 2.05) is 13.2 Å². The van der Waals surface area contributed by atoms with Gasteiger partial charge in [-0.15, -0.1) is 0 Å². The van der Waals surface area contributed by atoms with E-state index in [2.05, 4.69) is 20.4 Å². The van der Waals surface area contributed by atoms with Crippen LogP contribution in [0.25, 0.3) is 0 Å². The van der Waals surface area contributed by atoms with Crippen molar-refractivity contribution in [3.63, 3.8) is 0 Å². The van der Waals surface area contributed by atoms with Crippen LogP contribution in [0.3, 0.4) is 0 Å². The molecule has 0 aliphatic heterocycles. The highest BCUT2D eigenvalue weighted by Gasteiger charge is 2.20. The number of hydrogen-bond donors (Lipinski definition) is 2. The van der Waals surface area contributed by atoms with Crippen LogP contribution in [-0.2, 0) is 7.05 Å². The Morgan fingerprint density at radius 2 is 2.00 bits per heavy atom. The van der Waals surface area contributed by atoms with Gasteiger partial charge in [0.2, 0.25) is 5.95 Å². The minimum atomic E-state index is 0.363. The maximum absolute atomic E-state index is 5.96. The molecule has 0 aromatic carbocycles. The van der Waals surface area contributed by atoms with Crippen LogP contribution in [0, 0.1) is 5.92 Å². The highest BCUT2D eigenvalue weighted by atomic mass is 16.5. The number of rotatable bonds is 5. The highest BCUT2D eigenvalue weighted by molar-refractivity contribution is 5.56. The Labute approximate surface area is 129 Å². The topological polar surface area (TPSA) is 90.9 Å². The van der Waals surface area contributed by atoms with Crippen molar-refractivity contribution in [3.05, 3.63) is 24.7 Å². The lowest BCUT2D eigenvalue weighted by Crippen LogP contribution is -2.28. The molecule has 22 heavy (non-hydrogen) atoms. The summed E-state index contributed by atoms with van der Waals surface area (Å²) in [6.45, 7) is 0.697. The standard InChI is InChI=1S/C15H22N6O/c1-21-9-13(22-10-11-3-5-12(16)6-4-11)14(20-21)19-15-17-7-2-8-18-15/h2,7-9,11-12H,3-6,10,16H2,1H3,(H,17,18,19,20). The summed E-state index contributed by atoms with van der Waals surface area (Å²) in [5.74, 6) is 2.45. The number of ether oxygens (including phenoxy) is 1. The van der Waals surface area contributed by atoms with Gasteiger partial charge in [-0.2, -0.15) is 5.10 Å². The zero-order valence-electron chi connectivity index (χ0n) is 12.8. The SMILES string of the molecule is Cn1cc(OCC2CCC(N)CC2)c(Nc2ncccn2)n1. The summed E-state index contributed by atoms with van der Waals surface area (Å²) in [6.07, 6.45) is 9.67. The van der Waals surface area contributed by atoms with Crippen LogP contribution in [0.4, 0.5) is 11.8 Å². The summed E-state index contributed by atoms with van der Waals surface area (Å²) in [5, 5.41) is 7.45. The van der Waals surface area contributed by atoms with Crippen molar-refractivity contribution in [3.8, 4) is 5.75 Å². The molecular weight excluding hydrogens is 280 g/mol. The smallest absolute Gasteiger partial charge is 0.228 e. The number of aryl methyl sites for hydroxylation is 1. The molecule has 0 saturated heterocycles. The van der Waals surface area contributed by atoms with Gasteiger partial charge in [0, 0.05) is 25.5 Å².